The van der Waals surface area contributed by atoms with E-state index in [2.05, 4.69) is 26.8 Å². The number of hydrazine groups is 1. The number of nitrogens with one attached hydrogen (secondary N) is 2. The zero-order valence-corrected chi connectivity index (χ0v) is 11.0. The van der Waals surface area contributed by atoms with Crippen molar-refractivity contribution in [2.45, 2.75) is 6.54 Å². The second-order valence-electron chi connectivity index (χ2n) is 3.69. The summed E-state index contributed by atoms with van der Waals surface area (Å²) in [5, 5.41) is 0. The first-order valence-electron chi connectivity index (χ1n) is 5.34. The van der Waals surface area contributed by atoms with Crippen LogP contribution >= 0.6 is 15.9 Å². The van der Waals surface area contributed by atoms with E-state index >= 15 is 0 Å². The topological polar surface area (TPSA) is 24.1 Å². The van der Waals surface area contributed by atoms with E-state index in [1.54, 1.807) is 0 Å². The molecule has 0 fully saturated rings. The lowest BCUT2D eigenvalue weighted by Crippen LogP contribution is -2.21. The van der Waals surface area contributed by atoms with Gasteiger partial charge in [0.1, 0.15) is 11.6 Å². The molecule has 2 nitrogen and oxygen atoms in total. The molecule has 2 rings (SSSR count). The summed E-state index contributed by atoms with van der Waals surface area (Å²) in [4.78, 5) is 0. The van der Waals surface area contributed by atoms with Gasteiger partial charge in [-0.1, -0.05) is 34.1 Å². The summed E-state index contributed by atoms with van der Waals surface area (Å²) < 4.78 is 26.8. The van der Waals surface area contributed by atoms with Crippen molar-refractivity contribution in [3.63, 3.8) is 0 Å². The van der Waals surface area contributed by atoms with Gasteiger partial charge in [-0.25, -0.2) is 14.2 Å². The van der Waals surface area contributed by atoms with Crippen molar-refractivity contribution in [1.82, 2.24) is 5.43 Å². The van der Waals surface area contributed by atoms with Crippen LogP contribution in [-0.2, 0) is 6.54 Å². The predicted octanol–water partition coefficient (Wildman–Crippen LogP) is 3.84. The van der Waals surface area contributed by atoms with Crippen LogP contribution in [0.15, 0.2) is 46.9 Å². The van der Waals surface area contributed by atoms with E-state index in [0.717, 1.165) is 11.8 Å². The second-order valence-corrected chi connectivity index (χ2v) is 4.55. The van der Waals surface area contributed by atoms with Crippen LogP contribution in [0.3, 0.4) is 0 Å². The molecule has 0 bridgehead atoms. The molecule has 0 saturated carbocycles. The summed E-state index contributed by atoms with van der Waals surface area (Å²) in [6.45, 7) is 0.238. The molecule has 0 amide bonds. The van der Waals surface area contributed by atoms with Crippen molar-refractivity contribution < 1.29 is 8.78 Å². The van der Waals surface area contributed by atoms with Crippen molar-refractivity contribution in [3.8, 4) is 0 Å². The highest BCUT2D eigenvalue weighted by Gasteiger charge is 2.08. The van der Waals surface area contributed by atoms with Crippen molar-refractivity contribution in [3.05, 3.63) is 64.1 Å². The third kappa shape index (κ3) is 3.27. The van der Waals surface area contributed by atoms with E-state index in [1.807, 2.05) is 30.3 Å². The molecule has 0 aliphatic carbocycles. The fourth-order valence-corrected chi connectivity index (χ4v) is 2.05. The monoisotopic (exact) mass is 312 g/mol. The lowest BCUT2D eigenvalue weighted by Gasteiger charge is -2.10. The van der Waals surface area contributed by atoms with E-state index in [0.29, 0.717) is 10.0 Å². The SMILES string of the molecule is Fc1cc(F)c(CNNc2ccccc2)c(Br)c1. The predicted molar refractivity (Wildman–Crippen MR) is 71.0 cm³/mol. The molecule has 0 spiro atoms. The molecular weight excluding hydrogens is 302 g/mol. The minimum atomic E-state index is -0.598. The molecule has 0 saturated heterocycles. The molecule has 5 heteroatoms. The molecule has 0 aliphatic rings. The average molecular weight is 313 g/mol. The van der Waals surface area contributed by atoms with Gasteiger partial charge in [0.2, 0.25) is 0 Å². The maximum Gasteiger partial charge on any atom is 0.131 e. The van der Waals surface area contributed by atoms with Crippen LogP contribution in [0.5, 0.6) is 0 Å². The van der Waals surface area contributed by atoms with E-state index < -0.39 is 11.6 Å². The first-order chi connectivity index (χ1) is 8.66. The number of halogens is 3. The Labute approximate surface area is 112 Å². The van der Waals surface area contributed by atoms with Gasteiger partial charge in [0.15, 0.2) is 0 Å². The molecule has 0 atom stereocenters. The van der Waals surface area contributed by atoms with Crippen LogP contribution in [0.25, 0.3) is 0 Å². The van der Waals surface area contributed by atoms with Crippen molar-refractivity contribution >= 4 is 21.6 Å². The zero-order chi connectivity index (χ0) is 13.0. The summed E-state index contributed by atoms with van der Waals surface area (Å²) in [5.41, 5.74) is 7.05. The quantitative estimate of drug-likeness (QED) is 0.838. The first-order valence-corrected chi connectivity index (χ1v) is 6.13. The summed E-state index contributed by atoms with van der Waals surface area (Å²) >= 11 is 3.14. The normalized spacial score (nSPS) is 10.4. The summed E-state index contributed by atoms with van der Waals surface area (Å²) in [6.07, 6.45) is 0. The molecule has 0 aromatic heterocycles. The number of para-hydroxylation sites is 1. The van der Waals surface area contributed by atoms with E-state index in [4.69, 9.17) is 0 Å². The molecule has 0 radical (unpaired) electrons. The van der Waals surface area contributed by atoms with Crippen molar-refractivity contribution in [2.75, 3.05) is 5.43 Å². The lowest BCUT2D eigenvalue weighted by molar-refractivity contribution is 0.564. The standard InChI is InChI=1S/C13H11BrF2N2/c14-12-6-9(15)7-13(16)11(12)8-17-18-10-4-2-1-3-5-10/h1-7,17-18H,8H2. The Morgan fingerprint density at radius 2 is 1.78 bits per heavy atom. The Balaban J connectivity index is 1.99. The summed E-state index contributed by atoms with van der Waals surface area (Å²) in [7, 11) is 0. The Morgan fingerprint density at radius 1 is 1.06 bits per heavy atom. The molecule has 2 N–H and O–H groups in total. The first kappa shape index (κ1) is 13.0. The highest BCUT2D eigenvalue weighted by atomic mass is 79.9. The van der Waals surface area contributed by atoms with Crippen LogP contribution in [-0.4, -0.2) is 0 Å². The largest absolute Gasteiger partial charge is 0.321 e. The number of hydrogen-bond acceptors (Lipinski definition) is 2. The van der Waals surface area contributed by atoms with Gasteiger partial charge in [-0.3, -0.25) is 0 Å². The Bertz CT molecular complexity index is 509. The maximum absolute atomic E-state index is 13.5. The van der Waals surface area contributed by atoms with Crippen molar-refractivity contribution in [2.24, 2.45) is 0 Å². The maximum atomic E-state index is 13.5. The smallest absolute Gasteiger partial charge is 0.131 e. The third-order valence-corrected chi connectivity index (χ3v) is 3.09. The molecule has 2 aromatic carbocycles. The number of benzene rings is 2. The van der Waals surface area contributed by atoms with E-state index in [-0.39, 0.29) is 6.54 Å². The van der Waals surface area contributed by atoms with Gasteiger partial charge in [0.05, 0.1) is 0 Å². The highest BCUT2D eigenvalue weighted by molar-refractivity contribution is 9.10. The number of hydrogen-bond donors (Lipinski definition) is 2. The molecule has 0 heterocycles. The molecule has 0 unspecified atom stereocenters. The van der Waals surface area contributed by atoms with Gasteiger partial charge in [0, 0.05) is 28.3 Å². The van der Waals surface area contributed by atoms with Gasteiger partial charge in [-0.15, -0.1) is 0 Å². The van der Waals surface area contributed by atoms with E-state index in [9.17, 15) is 8.78 Å². The molecule has 94 valence electrons. The number of rotatable bonds is 4. The van der Waals surface area contributed by atoms with E-state index in [1.165, 1.54) is 6.07 Å². The van der Waals surface area contributed by atoms with Crippen LogP contribution in [0, 0.1) is 11.6 Å². The third-order valence-electron chi connectivity index (χ3n) is 2.38. The van der Waals surface area contributed by atoms with Gasteiger partial charge in [-0.05, 0) is 18.2 Å². The fourth-order valence-electron chi connectivity index (χ4n) is 1.50. The van der Waals surface area contributed by atoms with Crippen LogP contribution < -0.4 is 10.9 Å². The minimum absolute atomic E-state index is 0.238. The van der Waals surface area contributed by atoms with Gasteiger partial charge < -0.3 is 5.43 Å². The Hall–Kier alpha value is -1.46. The van der Waals surface area contributed by atoms with Crippen LogP contribution in [0.1, 0.15) is 5.56 Å². The van der Waals surface area contributed by atoms with Gasteiger partial charge >= 0.3 is 0 Å². The summed E-state index contributed by atoms with van der Waals surface area (Å²) in [5.74, 6) is -1.18. The summed E-state index contributed by atoms with van der Waals surface area (Å²) in [6, 6.07) is 11.5. The number of anilines is 1. The lowest BCUT2D eigenvalue weighted by atomic mass is 10.2. The molecular formula is C13H11BrF2N2. The highest BCUT2D eigenvalue weighted by Crippen LogP contribution is 2.21. The molecule has 18 heavy (non-hydrogen) atoms. The van der Waals surface area contributed by atoms with Gasteiger partial charge in [-0.2, -0.15) is 0 Å². The Morgan fingerprint density at radius 3 is 2.44 bits per heavy atom. The van der Waals surface area contributed by atoms with Crippen molar-refractivity contribution in [1.29, 1.82) is 0 Å². The minimum Gasteiger partial charge on any atom is -0.321 e. The fraction of sp³-hybridized carbons (Fsp3) is 0.0769. The van der Waals surface area contributed by atoms with Crippen LogP contribution in [0.2, 0.25) is 0 Å². The zero-order valence-electron chi connectivity index (χ0n) is 9.38. The van der Waals surface area contributed by atoms with Gasteiger partial charge in [0.25, 0.3) is 0 Å². The average Bonchev–Trinajstić information content (AvgIpc) is 2.34. The van der Waals surface area contributed by atoms with Crippen LogP contribution in [0.4, 0.5) is 14.5 Å². The molecule has 0 aliphatic heterocycles. The second kappa shape index (κ2) is 5.93. The Kier molecular flexibility index (Phi) is 4.28. The molecule has 2 aromatic rings.